The summed E-state index contributed by atoms with van der Waals surface area (Å²) >= 11 is 0. The van der Waals surface area contributed by atoms with Gasteiger partial charge < -0.3 is 10.1 Å². The van der Waals surface area contributed by atoms with Crippen LogP contribution in [0.3, 0.4) is 0 Å². The van der Waals surface area contributed by atoms with Crippen molar-refractivity contribution in [3.8, 4) is 11.6 Å². The van der Waals surface area contributed by atoms with Gasteiger partial charge in [0, 0.05) is 30.9 Å². The molecule has 0 radical (unpaired) electrons. The monoisotopic (exact) mass is 251 g/mol. The Hall–Kier alpha value is -2.08. The third-order valence-electron chi connectivity index (χ3n) is 2.08. The summed E-state index contributed by atoms with van der Waals surface area (Å²) in [6.45, 7) is 0.529. The summed E-state index contributed by atoms with van der Waals surface area (Å²) in [5, 5.41) is 2.92. The Morgan fingerprint density at radius 3 is 2.56 bits per heavy atom. The lowest BCUT2D eigenvalue weighted by Crippen LogP contribution is -2.07. The van der Waals surface area contributed by atoms with E-state index in [1.54, 1.807) is 13.2 Å². The molecule has 0 spiro atoms. The average Bonchev–Trinajstić information content (AvgIpc) is 2.28. The summed E-state index contributed by atoms with van der Waals surface area (Å²) in [5.74, 6) is -1.18. The zero-order chi connectivity index (χ0) is 13.0. The van der Waals surface area contributed by atoms with Crippen LogP contribution in [0.25, 0.3) is 0 Å². The molecule has 0 aliphatic heterocycles. The molecular formula is C12H11F2N3O. The van der Waals surface area contributed by atoms with E-state index in [2.05, 4.69) is 15.3 Å². The molecule has 0 unspecified atom stereocenters. The fourth-order valence-electron chi connectivity index (χ4n) is 1.41. The minimum Gasteiger partial charge on any atom is -0.437 e. The predicted octanol–water partition coefficient (Wildman–Crippen LogP) is 2.27. The van der Waals surface area contributed by atoms with Crippen LogP contribution in [0.1, 0.15) is 5.69 Å². The number of ether oxygens (including phenoxy) is 1. The van der Waals surface area contributed by atoms with Crippen LogP contribution in [0.15, 0.2) is 30.6 Å². The van der Waals surface area contributed by atoms with Crippen molar-refractivity contribution in [1.29, 1.82) is 0 Å². The van der Waals surface area contributed by atoms with Gasteiger partial charge in [-0.2, -0.15) is 0 Å². The lowest BCUT2D eigenvalue weighted by Gasteiger charge is -2.06. The summed E-state index contributed by atoms with van der Waals surface area (Å²) in [4.78, 5) is 8.05. The van der Waals surface area contributed by atoms with E-state index in [4.69, 9.17) is 4.74 Å². The second-order valence-electron chi connectivity index (χ2n) is 3.59. The number of benzene rings is 1. The second kappa shape index (κ2) is 5.50. The first-order valence-corrected chi connectivity index (χ1v) is 5.27. The minimum absolute atomic E-state index is 0.0448. The third kappa shape index (κ3) is 3.21. The molecule has 0 saturated carbocycles. The van der Waals surface area contributed by atoms with Gasteiger partial charge in [-0.3, -0.25) is 4.98 Å². The molecule has 1 heterocycles. The predicted molar refractivity (Wildman–Crippen MR) is 61.2 cm³/mol. The van der Waals surface area contributed by atoms with Crippen molar-refractivity contribution in [2.45, 2.75) is 6.54 Å². The first kappa shape index (κ1) is 12.4. The van der Waals surface area contributed by atoms with Crippen molar-refractivity contribution in [1.82, 2.24) is 15.3 Å². The first-order chi connectivity index (χ1) is 8.67. The van der Waals surface area contributed by atoms with E-state index in [1.807, 2.05) is 0 Å². The number of aromatic nitrogens is 2. The number of hydrogen-bond donors (Lipinski definition) is 1. The Bertz CT molecular complexity index is 528. The maximum Gasteiger partial charge on any atom is 0.238 e. The highest BCUT2D eigenvalue weighted by molar-refractivity contribution is 5.27. The summed E-state index contributed by atoms with van der Waals surface area (Å²) in [5.41, 5.74) is 0.673. The highest BCUT2D eigenvalue weighted by Gasteiger charge is 2.05. The number of nitrogens with one attached hydrogen (secondary N) is 1. The molecule has 1 aromatic heterocycles. The molecule has 18 heavy (non-hydrogen) atoms. The van der Waals surface area contributed by atoms with E-state index < -0.39 is 11.6 Å². The average molecular weight is 251 g/mol. The number of hydrogen-bond acceptors (Lipinski definition) is 4. The van der Waals surface area contributed by atoms with Gasteiger partial charge in [0.2, 0.25) is 5.88 Å². The van der Waals surface area contributed by atoms with Crippen LogP contribution in [0.5, 0.6) is 11.6 Å². The SMILES string of the molecule is CNCc1cncc(Oc2cc(F)cc(F)c2)n1. The van der Waals surface area contributed by atoms with E-state index in [0.29, 0.717) is 12.2 Å². The Morgan fingerprint density at radius 1 is 1.17 bits per heavy atom. The van der Waals surface area contributed by atoms with E-state index in [1.165, 1.54) is 6.20 Å². The number of halogens is 2. The molecule has 0 aliphatic rings. The number of nitrogens with zero attached hydrogens (tertiary/aromatic N) is 2. The molecule has 94 valence electrons. The maximum atomic E-state index is 13.0. The molecule has 0 fully saturated rings. The van der Waals surface area contributed by atoms with Gasteiger partial charge in [-0.05, 0) is 7.05 Å². The van der Waals surface area contributed by atoms with Crippen LogP contribution >= 0.6 is 0 Å². The lowest BCUT2D eigenvalue weighted by atomic mass is 10.3. The Balaban J connectivity index is 2.20. The summed E-state index contributed by atoms with van der Waals surface area (Å²) < 4.78 is 31.2. The highest BCUT2D eigenvalue weighted by Crippen LogP contribution is 2.21. The quantitative estimate of drug-likeness (QED) is 0.905. The molecule has 0 aliphatic carbocycles. The summed E-state index contributed by atoms with van der Waals surface area (Å²) in [6, 6.07) is 2.93. The zero-order valence-corrected chi connectivity index (χ0v) is 9.65. The van der Waals surface area contributed by atoms with Crippen molar-refractivity contribution in [3.05, 3.63) is 47.9 Å². The molecule has 4 nitrogen and oxygen atoms in total. The molecular weight excluding hydrogens is 240 g/mol. The summed E-state index contributed by atoms with van der Waals surface area (Å²) in [6.07, 6.45) is 2.96. The molecule has 2 aromatic rings. The fraction of sp³-hybridized carbons (Fsp3) is 0.167. The van der Waals surface area contributed by atoms with Gasteiger partial charge in [0.05, 0.1) is 11.9 Å². The fourth-order valence-corrected chi connectivity index (χ4v) is 1.41. The van der Waals surface area contributed by atoms with Crippen LogP contribution < -0.4 is 10.1 Å². The van der Waals surface area contributed by atoms with Crippen LogP contribution in [0, 0.1) is 11.6 Å². The molecule has 1 N–H and O–H groups in total. The van der Waals surface area contributed by atoms with Gasteiger partial charge in [-0.25, -0.2) is 13.8 Å². The zero-order valence-electron chi connectivity index (χ0n) is 9.65. The molecule has 0 saturated heterocycles. The minimum atomic E-state index is -0.704. The van der Waals surface area contributed by atoms with Crippen LogP contribution in [-0.2, 0) is 6.54 Å². The normalized spacial score (nSPS) is 10.4. The topological polar surface area (TPSA) is 47.0 Å². The lowest BCUT2D eigenvalue weighted by molar-refractivity contribution is 0.446. The number of rotatable bonds is 4. The van der Waals surface area contributed by atoms with Crippen molar-refractivity contribution < 1.29 is 13.5 Å². The molecule has 1 aromatic carbocycles. The molecule has 0 atom stereocenters. The van der Waals surface area contributed by atoms with Crippen LogP contribution in [0.2, 0.25) is 0 Å². The Kier molecular flexibility index (Phi) is 3.78. The van der Waals surface area contributed by atoms with E-state index >= 15 is 0 Å². The van der Waals surface area contributed by atoms with Gasteiger partial charge >= 0.3 is 0 Å². The third-order valence-corrected chi connectivity index (χ3v) is 2.08. The van der Waals surface area contributed by atoms with E-state index in [0.717, 1.165) is 18.2 Å². The van der Waals surface area contributed by atoms with Crippen molar-refractivity contribution >= 4 is 0 Å². The molecule has 6 heteroatoms. The molecule has 2 rings (SSSR count). The molecule has 0 amide bonds. The first-order valence-electron chi connectivity index (χ1n) is 5.27. The van der Waals surface area contributed by atoms with Crippen LogP contribution in [-0.4, -0.2) is 17.0 Å². The Morgan fingerprint density at radius 2 is 1.89 bits per heavy atom. The van der Waals surface area contributed by atoms with E-state index in [9.17, 15) is 8.78 Å². The van der Waals surface area contributed by atoms with Gasteiger partial charge in [0.1, 0.15) is 17.4 Å². The Labute approximate surface area is 103 Å². The van der Waals surface area contributed by atoms with Crippen molar-refractivity contribution in [2.24, 2.45) is 0 Å². The van der Waals surface area contributed by atoms with Gasteiger partial charge in [-0.1, -0.05) is 0 Å². The second-order valence-corrected chi connectivity index (χ2v) is 3.59. The largest absolute Gasteiger partial charge is 0.437 e. The van der Waals surface area contributed by atoms with Crippen molar-refractivity contribution in [2.75, 3.05) is 7.05 Å². The van der Waals surface area contributed by atoms with Gasteiger partial charge in [-0.15, -0.1) is 0 Å². The van der Waals surface area contributed by atoms with Crippen LogP contribution in [0.4, 0.5) is 8.78 Å². The van der Waals surface area contributed by atoms with Gasteiger partial charge in [0.25, 0.3) is 0 Å². The van der Waals surface area contributed by atoms with E-state index in [-0.39, 0.29) is 11.6 Å². The standard InChI is InChI=1S/C12H11F2N3O/c1-15-5-10-6-16-7-12(17-10)18-11-3-8(13)2-9(14)4-11/h2-4,6-7,15H,5H2,1H3. The maximum absolute atomic E-state index is 13.0. The summed E-state index contributed by atoms with van der Waals surface area (Å²) in [7, 11) is 1.77. The van der Waals surface area contributed by atoms with Gasteiger partial charge in [0.15, 0.2) is 0 Å². The highest BCUT2D eigenvalue weighted by atomic mass is 19.1. The smallest absolute Gasteiger partial charge is 0.238 e. The molecule has 0 bridgehead atoms. The van der Waals surface area contributed by atoms with Crippen molar-refractivity contribution in [3.63, 3.8) is 0 Å².